The number of benzene rings is 1. The number of carbonyl (C=O) groups is 3. The molecule has 7 nitrogen and oxygen atoms in total. The summed E-state index contributed by atoms with van der Waals surface area (Å²) in [6.45, 7) is 2.68. The largest absolute Gasteiger partial charge is 0.461 e. The van der Waals surface area contributed by atoms with Gasteiger partial charge < -0.3 is 20.7 Å². The minimum atomic E-state index is -0.372. The molecule has 1 saturated heterocycles. The molecular formula is C24H37N3O4. The summed E-state index contributed by atoms with van der Waals surface area (Å²) in [6, 6.07) is 9.36. The molecule has 1 fully saturated rings. The van der Waals surface area contributed by atoms with Crippen molar-refractivity contribution in [1.29, 1.82) is 0 Å². The Morgan fingerprint density at radius 3 is 2.35 bits per heavy atom. The highest BCUT2D eigenvalue weighted by Gasteiger charge is 2.26. The van der Waals surface area contributed by atoms with E-state index in [9.17, 15) is 14.4 Å². The number of nitrogens with one attached hydrogen (secondary N) is 1. The molecule has 0 aliphatic carbocycles. The Morgan fingerprint density at radius 2 is 1.65 bits per heavy atom. The Labute approximate surface area is 185 Å². The molecule has 2 rings (SSSR count). The molecule has 3 N–H and O–H groups in total. The SMILES string of the molecule is NC(=O)CCC(NCCCCCCCC(=O)OCc1ccccc1)C(=O)N1CCCC1. The Balaban J connectivity index is 1.52. The number of rotatable bonds is 15. The van der Waals surface area contributed by atoms with Gasteiger partial charge in [0.25, 0.3) is 0 Å². The van der Waals surface area contributed by atoms with E-state index in [2.05, 4.69) is 5.32 Å². The van der Waals surface area contributed by atoms with Crippen molar-refractivity contribution >= 4 is 17.8 Å². The third-order valence-corrected chi connectivity index (χ3v) is 5.59. The molecule has 1 unspecified atom stereocenters. The van der Waals surface area contributed by atoms with Gasteiger partial charge in [0.1, 0.15) is 6.61 Å². The molecule has 1 aromatic carbocycles. The molecule has 0 spiro atoms. The lowest BCUT2D eigenvalue weighted by atomic mass is 10.1. The molecule has 172 valence electrons. The average Bonchev–Trinajstić information content (AvgIpc) is 3.31. The lowest BCUT2D eigenvalue weighted by Gasteiger charge is -2.24. The summed E-state index contributed by atoms with van der Waals surface area (Å²) in [5, 5.41) is 3.32. The highest BCUT2D eigenvalue weighted by molar-refractivity contribution is 5.83. The number of nitrogens with two attached hydrogens (primary N) is 1. The van der Waals surface area contributed by atoms with Gasteiger partial charge in [0.2, 0.25) is 11.8 Å². The summed E-state index contributed by atoms with van der Waals surface area (Å²) in [5.41, 5.74) is 6.26. The monoisotopic (exact) mass is 431 g/mol. The smallest absolute Gasteiger partial charge is 0.306 e. The summed E-state index contributed by atoms with van der Waals surface area (Å²) in [5.74, 6) is -0.431. The fourth-order valence-corrected chi connectivity index (χ4v) is 3.77. The Morgan fingerprint density at radius 1 is 0.968 bits per heavy atom. The number of esters is 1. The number of primary amides is 1. The first kappa shape index (κ1) is 24.9. The molecule has 1 aliphatic heterocycles. The zero-order chi connectivity index (χ0) is 22.3. The van der Waals surface area contributed by atoms with Crippen LogP contribution in [0.3, 0.4) is 0 Å². The minimum absolute atomic E-state index is 0.0905. The van der Waals surface area contributed by atoms with Crippen LogP contribution in [0.4, 0.5) is 0 Å². The second kappa shape index (κ2) is 14.6. The molecule has 0 bridgehead atoms. The summed E-state index contributed by atoms with van der Waals surface area (Å²) in [4.78, 5) is 37.5. The van der Waals surface area contributed by atoms with Gasteiger partial charge in [-0.2, -0.15) is 0 Å². The standard InChI is InChI=1S/C24H37N3O4/c25-22(28)15-14-21(24(30)27-17-9-10-18-27)26-16-8-3-1-2-7-13-23(29)31-19-20-11-5-4-6-12-20/h4-6,11-12,21,26H,1-3,7-10,13-19H2,(H2,25,28). The topological polar surface area (TPSA) is 102 Å². The van der Waals surface area contributed by atoms with E-state index >= 15 is 0 Å². The first-order chi connectivity index (χ1) is 15.1. The molecule has 31 heavy (non-hydrogen) atoms. The molecule has 0 aromatic heterocycles. The quantitative estimate of drug-likeness (QED) is 0.328. The van der Waals surface area contributed by atoms with Crippen molar-refractivity contribution in [2.45, 2.75) is 76.9 Å². The van der Waals surface area contributed by atoms with Crippen molar-refractivity contribution in [3.05, 3.63) is 35.9 Å². The highest BCUT2D eigenvalue weighted by Crippen LogP contribution is 2.12. The Kier molecular flexibility index (Phi) is 11.7. The van der Waals surface area contributed by atoms with Gasteiger partial charge in [-0.1, -0.05) is 49.6 Å². The van der Waals surface area contributed by atoms with Gasteiger partial charge in [-0.15, -0.1) is 0 Å². The maximum absolute atomic E-state index is 12.6. The van der Waals surface area contributed by atoms with Gasteiger partial charge in [0.05, 0.1) is 6.04 Å². The molecular weight excluding hydrogens is 394 g/mol. The number of hydrogen-bond donors (Lipinski definition) is 2. The predicted octanol–water partition coefficient (Wildman–Crippen LogP) is 2.92. The fraction of sp³-hybridized carbons (Fsp3) is 0.625. The highest BCUT2D eigenvalue weighted by atomic mass is 16.5. The molecule has 1 aromatic rings. The van der Waals surface area contributed by atoms with Crippen LogP contribution in [0.5, 0.6) is 0 Å². The van der Waals surface area contributed by atoms with E-state index < -0.39 is 0 Å². The van der Waals surface area contributed by atoms with Gasteiger partial charge in [-0.05, 0) is 44.2 Å². The first-order valence-electron chi connectivity index (χ1n) is 11.6. The molecule has 0 radical (unpaired) electrons. The molecule has 1 heterocycles. The van der Waals surface area contributed by atoms with Crippen molar-refractivity contribution in [1.82, 2.24) is 10.2 Å². The van der Waals surface area contributed by atoms with Gasteiger partial charge in [0, 0.05) is 25.9 Å². The molecule has 1 atom stereocenters. The van der Waals surface area contributed by atoms with E-state index in [4.69, 9.17) is 10.5 Å². The molecule has 1 aliphatic rings. The summed E-state index contributed by atoms with van der Waals surface area (Å²) >= 11 is 0. The lowest BCUT2D eigenvalue weighted by molar-refractivity contribution is -0.145. The van der Waals surface area contributed by atoms with Gasteiger partial charge in [-0.3, -0.25) is 14.4 Å². The van der Waals surface area contributed by atoms with Crippen molar-refractivity contribution in [2.75, 3.05) is 19.6 Å². The number of carbonyl (C=O) groups excluding carboxylic acids is 3. The van der Waals surface area contributed by atoms with Crippen LogP contribution in [-0.4, -0.2) is 48.4 Å². The van der Waals surface area contributed by atoms with Gasteiger partial charge in [0.15, 0.2) is 0 Å². The van der Waals surface area contributed by atoms with E-state index in [0.717, 1.165) is 70.1 Å². The van der Waals surface area contributed by atoms with E-state index in [1.807, 2.05) is 35.2 Å². The van der Waals surface area contributed by atoms with Gasteiger partial charge >= 0.3 is 5.97 Å². The van der Waals surface area contributed by atoms with Crippen molar-refractivity contribution in [3.63, 3.8) is 0 Å². The molecule has 0 saturated carbocycles. The van der Waals surface area contributed by atoms with Crippen LogP contribution in [-0.2, 0) is 25.7 Å². The normalized spacial score (nSPS) is 14.4. The Hall–Kier alpha value is -2.41. The number of hydrogen-bond acceptors (Lipinski definition) is 5. The predicted molar refractivity (Wildman–Crippen MR) is 120 cm³/mol. The summed E-state index contributed by atoms with van der Waals surface area (Å²) in [6.07, 6.45) is 8.07. The van der Waals surface area contributed by atoms with E-state index in [1.165, 1.54) is 0 Å². The fourth-order valence-electron chi connectivity index (χ4n) is 3.77. The van der Waals surface area contributed by atoms with Crippen LogP contribution in [0.25, 0.3) is 0 Å². The second-order valence-electron chi connectivity index (χ2n) is 8.21. The van der Waals surface area contributed by atoms with Crippen LogP contribution in [0.1, 0.15) is 69.8 Å². The Bertz CT molecular complexity index is 675. The van der Waals surface area contributed by atoms with E-state index in [1.54, 1.807) is 0 Å². The van der Waals surface area contributed by atoms with E-state index in [-0.39, 0.29) is 30.2 Å². The number of amides is 2. The maximum atomic E-state index is 12.6. The molecule has 2 amide bonds. The van der Waals surface area contributed by atoms with Gasteiger partial charge in [-0.25, -0.2) is 0 Å². The first-order valence-corrected chi connectivity index (χ1v) is 11.6. The van der Waals surface area contributed by atoms with Crippen LogP contribution in [0, 0.1) is 0 Å². The van der Waals surface area contributed by atoms with Crippen molar-refractivity contribution < 1.29 is 19.1 Å². The summed E-state index contributed by atoms with van der Waals surface area (Å²) in [7, 11) is 0. The van der Waals surface area contributed by atoms with Crippen LogP contribution < -0.4 is 11.1 Å². The number of unbranched alkanes of at least 4 members (excludes halogenated alkanes) is 4. The average molecular weight is 432 g/mol. The second-order valence-corrected chi connectivity index (χ2v) is 8.21. The molecule has 7 heteroatoms. The van der Waals surface area contributed by atoms with Crippen LogP contribution in [0.2, 0.25) is 0 Å². The third kappa shape index (κ3) is 10.4. The number of likely N-dealkylation sites (tertiary alicyclic amines) is 1. The zero-order valence-corrected chi connectivity index (χ0v) is 18.5. The zero-order valence-electron chi connectivity index (χ0n) is 18.5. The van der Waals surface area contributed by atoms with Crippen molar-refractivity contribution in [3.8, 4) is 0 Å². The van der Waals surface area contributed by atoms with Crippen molar-refractivity contribution in [2.24, 2.45) is 5.73 Å². The number of ether oxygens (including phenoxy) is 1. The van der Waals surface area contributed by atoms with Crippen LogP contribution >= 0.6 is 0 Å². The number of nitrogens with zero attached hydrogens (tertiary/aromatic N) is 1. The lowest BCUT2D eigenvalue weighted by Crippen LogP contribution is -2.46. The van der Waals surface area contributed by atoms with Crippen LogP contribution in [0.15, 0.2) is 30.3 Å². The van der Waals surface area contributed by atoms with E-state index in [0.29, 0.717) is 19.4 Å². The third-order valence-electron chi connectivity index (χ3n) is 5.59. The maximum Gasteiger partial charge on any atom is 0.306 e. The summed E-state index contributed by atoms with van der Waals surface area (Å²) < 4.78 is 5.29. The minimum Gasteiger partial charge on any atom is -0.461 e.